The van der Waals surface area contributed by atoms with E-state index < -0.39 is 11.5 Å². The molecule has 0 saturated heterocycles. The van der Waals surface area contributed by atoms with E-state index in [1.54, 1.807) is 24.5 Å². The summed E-state index contributed by atoms with van der Waals surface area (Å²) in [5.41, 5.74) is 0.542. The largest absolute Gasteiger partial charge is 0.375 e. The molecule has 1 amide bonds. The van der Waals surface area contributed by atoms with Crippen molar-refractivity contribution in [3.8, 4) is 0 Å². The van der Waals surface area contributed by atoms with Crippen LogP contribution in [0.25, 0.3) is 0 Å². The molecule has 1 atom stereocenters. The molecule has 0 saturated carbocycles. The van der Waals surface area contributed by atoms with Gasteiger partial charge < -0.3 is 10.4 Å². The molecular weight excluding hydrogens is 308 g/mol. The minimum atomic E-state index is -1.53. The minimum Gasteiger partial charge on any atom is -0.375 e. The lowest BCUT2D eigenvalue weighted by Crippen LogP contribution is -2.36. The normalized spacial score (nSPS) is 21.1. The Bertz CT molecular complexity index is 659. The van der Waals surface area contributed by atoms with Crippen LogP contribution in [-0.2, 0) is 16.8 Å². The first kappa shape index (κ1) is 12.3. The minimum absolute atomic E-state index is 0.197. The number of carbonyl (C=O) groups excluding carboxylic acids is 1. The molecule has 19 heavy (non-hydrogen) atoms. The van der Waals surface area contributed by atoms with Gasteiger partial charge in [0.1, 0.15) is 0 Å². The zero-order valence-electron chi connectivity index (χ0n) is 9.93. The molecule has 0 radical (unpaired) electrons. The first-order chi connectivity index (χ1) is 9.09. The number of anilines is 1. The van der Waals surface area contributed by atoms with Crippen LogP contribution >= 0.6 is 15.9 Å². The van der Waals surface area contributed by atoms with E-state index in [9.17, 15) is 9.90 Å². The van der Waals surface area contributed by atoms with Gasteiger partial charge >= 0.3 is 0 Å². The number of carbonyl (C=O) groups is 1. The van der Waals surface area contributed by atoms with Crippen LogP contribution < -0.4 is 5.32 Å². The highest BCUT2D eigenvalue weighted by atomic mass is 79.9. The number of fused-ring (bicyclic) bond motifs is 1. The molecule has 1 aliphatic heterocycles. The lowest BCUT2D eigenvalue weighted by molar-refractivity contribution is -0.133. The molecule has 1 aromatic carbocycles. The third kappa shape index (κ3) is 2.05. The molecule has 2 N–H and O–H groups in total. The van der Waals surface area contributed by atoms with Gasteiger partial charge in [-0.2, -0.15) is 0 Å². The number of nitrogens with one attached hydrogen (secondary N) is 1. The molecule has 1 unspecified atom stereocenters. The topological polar surface area (TPSA) is 62.2 Å². The third-order valence-corrected chi connectivity index (χ3v) is 3.65. The first-order valence-corrected chi connectivity index (χ1v) is 6.62. The number of halogens is 1. The summed E-state index contributed by atoms with van der Waals surface area (Å²) in [7, 11) is 0. The molecule has 2 heterocycles. The molecule has 5 heteroatoms. The molecule has 96 valence electrons. The smallest absolute Gasteiger partial charge is 0.261 e. The van der Waals surface area contributed by atoms with Crippen molar-refractivity contribution in [3.63, 3.8) is 0 Å². The molecule has 1 aliphatic rings. The van der Waals surface area contributed by atoms with Crippen LogP contribution in [0.15, 0.2) is 47.2 Å². The summed E-state index contributed by atoms with van der Waals surface area (Å²) >= 11 is 3.33. The number of aliphatic hydroxyl groups is 1. The highest BCUT2D eigenvalue weighted by molar-refractivity contribution is 9.10. The zero-order valence-corrected chi connectivity index (χ0v) is 11.5. The highest BCUT2D eigenvalue weighted by Gasteiger charge is 2.44. The maximum Gasteiger partial charge on any atom is 0.261 e. The average molecular weight is 319 g/mol. The predicted octanol–water partition coefficient (Wildman–Crippen LogP) is 2.23. The maximum atomic E-state index is 12.0. The van der Waals surface area contributed by atoms with Crippen molar-refractivity contribution < 1.29 is 9.90 Å². The predicted molar refractivity (Wildman–Crippen MR) is 74.6 cm³/mol. The Balaban J connectivity index is 2.01. The second-order valence-corrected chi connectivity index (χ2v) is 5.46. The van der Waals surface area contributed by atoms with Crippen LogP contribution in [0.4, 0.5) is 5.69 Å². The van der Waals surface area contributed by atoms with Gasteiger partial charge in [0.15, 0.2) is 5.60 Å². The highest BCUT2D eigenvalue weighted by Crippen LogP contribution is 2.38. The maximum absolute atomic E-state index is 12.0. The van der Waals surface area contributed by atoms with E-state index >= 15 is 0 Å². The Kier molecular flexibility index (Phi) is 2.88. The van der Waals surface area contributed by atoms with E-state index in [0.717, 1.165) is 10.0 Å². The molecule has 3 rings (SSSR count). The number of hydrogen-bond donors (Lipinski definition) is 2. The van der Waals surface area contributed by atoms with E-state index in [0.29, 0.717) is 11.3 Å². The Morgan fingerprint density at radius 2 is 2.11 bits per heavy atom. The fourth-order valence-corrected chi connectivity index (χ4v) is 2.74. The Morgan fingerprint density at radius 3 is 2.89 bits per heavy atom. The number of hydrogen-bond acceptors (Lipinski definition) is 3. The molecule has 4 nitrogen and oxygen atoms in total. The van der Waals surface area contributed by atoms with Gasteiger partial charge in [-0.1, -0.05) is 18.2 Å². The fourth-order valence-electron chi connectivity index (χ4n) is 2.32. The summed E-state index contributed by atoms with van der Waals surface area (Å²) in [4.78, 5) is 16.1. The van der Waals surface area contributed by atoms with Crippen molar-refractivity contribution >= 4 is 27.5 Å². The zero-order chi connectivity index (χ0) is 13.5. The van der Waals surface area contributed by atoms with Crippen molar-refractivity contribution in [1.29, 1.82) is 0 Å². The van der Waals surface area contributed by atoms with Gasteiger partial charge in [-0.05, 0) is 33.6 Å². The lowest BCUT2D eigenvalue weighted by atomic mass is 9.89. The van der Waals surface area contributed by atoms with Crippen molar-refractivity contribution in [2.45, 2.75) is 12.0 Å². The van der Waals surface area contributed by atoms with Crippen molar-refractivity contribution in [2.24, 2.45) is 0 Å². The molecule has 0 bridgehead atoms. The van der Waals surface area contributed by atoms with Crippen molar-refractivity contribution in [1.82, 2.24) is 4.98 Å². The van der Waals surface area contributed by atoms with Gasteiger partial charge in [0.2, 0.25) is 0 Å². The number of pyridine rings is 1. The summed E-state index contributed by atoms with van der Waals surface area (Å²) in [6.07, 6.45) is 3.51. The van der Waals surface area contributed by atoms with E-state index in [1.807, 2.05) is 18.2 Å². The van der Waals surface area contributed by atoms with Crippen LogP contribution in [0.1, 0.15) is 11.1 Å². The van der Waals surface area contributed by atoms with E-state index in [-0.39, 0.29) is 6.42 Å². The Hall–Kier alpha value is -1.72. The van der Waals surface area contributed by atoms with Gasteiger partial charge in [-0.3, -0.25) is 9.78 Å². The average Bonchev–Trinajstić information content (AvgIpc) is 2.62. The van der Waals surface area contributed by atoms with Crippen LogP contribution in [0.5, 0.6) is 0 Å². The summed E-state index contributed by atoms with van der Waals surface area (Å²) in [5, 5.41) is 13.4. The molecule has 0 spiro atoms. The van der Waals surface area contributed by atoms with Crippen molar-refractivity contribution in [2.75, 3.05) is 5.32 Å². The van der Waals surface area contributed by atoms with E-state index in [1.165, 1.54) is 0 Å². The monoisotopic (exact) mass is 318 g/mol. The van der Waals surface area contributed by atoms with E-state index in [4.69, 9.17) is 0 Å². The quantitative estimate of drug-likeness (QED) is 0.892. The molecule has 2 aromatic rings. The Morgan fingerprint density at radius 1 is 1.32 bits per heavy atom. The standard InChI is InChI=1S/C14H11BrN2O2/c15-10-5-9(7-16-8-10)6-14(19)11-3-1-2-4-12(11)17-13(14)18/h1-5,7-8,19H,6H2,(H,17,18). The van der Waals surface area contributed by atoms with Gasteiger partial charge in [0.25, 0.3) is 5.91 Å². The molecule has 1 aromatic heterocycles. The van der Waals surface area contributed by atoms with Crippen LogP contribution in [-0.4, -0.2) is 16.0 Å². The van der Waals surface area contributed by atoms with Gasteiger partial charge in [-0.25, -0.2) is 0 Å². The van der Waals surface area contributed by atoms with Crippen LogP contribution in [0.3, 0.4) is 0 Å². The summed E-state index contributed by atoms with van der Waals surface area (Å²) < 4.78 is 0.820. The van der Waals surface area contributed by atoms with E-state index in [2.05, 4.69) is 26.2 Å². The van der Waals surface area contributed by atoms with Gasteiger partial charge in [0, 0.05) is 34.5 Å². The number of rotatable bonds is 2. The Labute approximate surface area is 118 Å². The number of aromatic nitrogens is 1. The first-order valence-electron chi connectivity index (χ1n) is 5.82. The number of benzene rings is 1. The van der Waals surface area contributed by atoms with Crippen LogP contribution in [0, 0.1) is 0 Å². The SMILES string of the molecule is O=C1Nc2ccccc2C1(O)Cc1cncc(Br)c1. The molecule has 0 fully saturated rings. The summed E-state index contributed by atoms with van der Waals surface area (Å²) in [6.45, 7) is 0. The summed E-state index contributed by atoms with van der Waals surface area (Å²) in [6, 6.07) is 9.02. The third-order valence-electron chi connectivity index (χ3n) is 3.22. The van der Waals surface area contributed by atoms with Crippen molar-refractivity contribution in [3.05, 3.63) is 58.3 Å². The molecule has 0 aliphatic carbocycles. The number of nitrogens with zero attached hydrogens (tertiary/aromatic N) is 1. The number of amides is 1. The molecular formula is C14H11BrN2O2. The summed E-state index contributed by atoms with van der Waals surface area (Å²) in [5.74, 6) is -0.395. The second-order valence-electron chi connectivity index (χ2n) is 4.55. The van der Waals surface area contributed by atoms with Crippen LogP contribution in [0.2, 0.25) is 0 Å². The van der Waals surface area contributed by atoms with Gasteiger partial charge in [0.05, 0.1) is 0 Å². The fraction of sp³-hybridized carbons (Fsp3) is 0.143. The lowest BCUT2D eigenvalue weighted by Gasteiger charge is -2.20. The second kappa shape index (κ2) is 4.43. The van der Waals surface area contributed by atoms with Gasteiger partial charge in [-0.15, -0.1) is 0 Å². The number of para-hydroxylation sites is 1.